The van der Waals surface area contributed by atoms with Crippen molar-refractivity contribution in [2.24, 2.45) is 0 Å². The number of aromatic nitrogens is 4. The second-order valence-corrected chi connectivity index (χ2v) is 6.40. The molecule has 3 aromatic heterocycles. The number of halogens is 4. The summed E-state index contributed by atoms with van der Waals surface area (Å²) in [6, 6.07) is 6.87. The van der Waals surface area contributed by atoms with Gasteiger partial charge in [0.1, 0.15) is 10.3 Å². The van der Waals surface area contributed by atoms with Crippen LogP contribution in [0.4, 0.5) is 13.2 Å². The maximum Gasteiger partial charge on any atom is 0.398 e. The summed E-state index contributed by atoms with van der Waals surface area (Å²) < 4.78 is 41.8. The summed E-state index contributed by atoms with van der Waals surface area (Å²) in [5.74, 6) is 0. The first-order chi connectivity index (χ1) is 10.9. The molecule has 0 bridgehead atoms. The molecule has 1 fully saturated rings. The highest BCUT2D eigenvalue weighted by molar-refractivity contribution is 9.10. The van der Waals surface area contributed by atoms with Gasteiger partial charge in [-0.05, 0) is 52.5 Å². The fraction of sp³-hybridized carbons (Fsp3) is 0.267. The van der Waals surface area contributed by atoms with Crippen LogP contribution in [-0.2, 0) is 5.41 Å². The Balaban J connectivity index is 1.82. The zero-order chi connectivity index (χ0) is 16.2. The summed E-state index contributed by atoms with van der Waals surface area (Å²) in [5, 5.41) is 4.17. The van der Waals surface area contributed by atoms with E-state index < -0.39 is 11.6 Å². The van der Waals surface area contributed by atoms with E-state index in [0.717, 1.165) is 0 Å². The van der Waals surface area contributed by atoms with Crippen molar-refractivity contribution >= 4 is 21.6 Å². The van der Waals surface area contributed by atoms with Gasteiger partial charge in [0.2, 0.25) is 0 Å². The summed E-state index contributed by atoms with van der Waals surface area (Å²) in [4.78, 5) is 8.51. The highest BCUT2D eigenvalue weighted by Crippen LogP contribution is 2.58. The van der Waals surface area contributed by atoms with Crippen LogP contribution in [0.2, 0.25) is 0 Å². The molecule has 4 rings (SSSR count). The van der Waals surface area contributed by atoms with E-state index in [1.807, 2.05) is 6.07 Å². The van der Waals surface area contributed by atoms with Gasteiger partial charge in [-0.15, -0.1) is 0 Å². The number of alkyl halides is 3. The van der Waals surface area contributed by atoms with Gasteiger partial charge in [0.05, 0.1) is 23.5 Å². The lowest BCUT2D eigenvalue weighted by atomic mass is 9.98. The minimum atomic E-state index is -4.26. The first-order valence-electron chi connectivity index (χ1n) is 6.95. The summed E-state index contributed by atoms with van der Waals surface area (Å²) >= 11 is 3.29. The second kappa shape index (κ2) is 4.77. The fourth-order valence-electron chi connectivity index (χ4n) is 2.72. The molecule has 0 aliphatic heterocycles. The molecule has 3 heterocycles. The predicted octanol–water partition coefficient (Wildman–Crippen LogP) is 4.15. The van der Waals surface area contributed by atoms with Crippen molar-refractivity contribution in [3.8, 4) is 11.4 Å². The first kappa shape index (κ1) is 14.6. The third-order valence-corrected chi connectivity index (χ3v) is 4.63. The monoisotopic (exact) mass is 382 g/mol. The average molecular weight is 383 g/mol. The highest BCUT2D eigenvalue weighted by Gasteiger charge is 2.64. The van der Waals surface area contributed by atoms with Gasteiger partial charge in [0.25, 0.3) is 0 Å². The Labute approximate surface area is 137 Å². The molecule has 23 heavy (non-hydrogen) atoms. The van der Waals surface area contributed by atoms with Crippen LogP contribution in [0.1, 0.15) is 18.4 Å². The molecule has 3 aromatic rings. The Bertz CT molecular complexity index is 899. The number of hydrogen-bond acceptors (Lipinski definition) is 3. The van der Waals surface area contributed by atoms with Crippen LogP contribution < -0.4 is 0 Å². The van der Waals surface area contributed by atoms with E-state index in [-0.39, 0.29) is 18.4 Å². The van der Waals surface area contributed by atoms with Gasteiger partial charge in [-0.2, -0.15) is 18.3 Å². The van der Waals surface area contributed by atoms with Crippen LogP contribution in [0.3, 0.4) is 0 Å². The fourth-order valence-corrected chi connectivity index (χ4v) is 3.07. The Hall–Kier alpha value is -1.96. The third-order valence-electron chi connectivity index (χ3n) is 4.18. The molecular formula is C15H10BrF3N4. The molecule has 0 spiro atoms. The van der Waals surface area contributed by atoms with Crippen molar-refractivity contribution in [3.63, 3.8) is 0 Å². The molecule has 1 saturated carbocycles. The molecule has 0 radical (unpaired) electrons. The van der Waals surface area contributed by atoms with E-state index in [1.54, 1.807) is 18.3 Å². The molecule has 118 valence electrons. The molecule has 1 aliphatic carbocycles. The summed E-state index contributed by atoms with van der Waals surface area (Å²) in [5.41, 5.74) is 0.0856. The van der Waals surface area contributed by atoms with Gasteiger partial charge >= 0.3 is 6.18 Å². The van der Waals surface area contributed by atoms with E-state index in [0.29, 0.717) is 21.6 Å². The van der Waals surface area contributed by atoms with E-state index in [9.17, 15) is 13.2 Å². The molecule has 0 atom stereocenters. The Morgan fingerprint density at radius 1 is 1.17 bits per heavy atom. The van der Waals surface area contributed by atoms with Crippen LogP contribution in [0.15, 0.2) is 41.3 Å². The van der Waals surface area contributed by atoms with Crippen molar-refractivity contribution in [1.82, 2.24) is 19.6 Å². The van der Waals surface area contributed by atoms with Crippen molar-refractivity contribution in [2.45, 2.75) is 24.4 Å². The van der Waals surface area contributed by atoms with E-state index >= 15 is 0 Å². The van der Waals surface area contributed by atoms with Crippen molar-refractivity contribution < 1.29 is 13.2 Å². The minimum Gasteiger partial charge on any atom is -0.239 e. The van der Waals surface area contributed by atoms with Crippen LogP contribution in [0.25, 0.3) is 17.0 Å². The van der Waals surface area contributed by atoms with Gasteiger partial charge in [-0.3, -0.25) is 0 Å². The molecule has 0 N–H and O–H groups in total. The van der Waals surface area contributed by atoms with Crippen molar-refractivity contribution in [1.29, 1.82) is 0 Å². The molecule has 1 aliphatic rings. The standard InChI is InChI=1S/C15H10BrF3N4/c16-12-3-1-2-10(22-12)11-8-20-13-6-9(7-21-23(11)13)14(4-5-14)15(17,18)19/h1-3,6-8H,4-5H2. The Morgan fingerprint density at radius 2 is 1.96 bits per heavy atom. The third kappa shape index (κ3) is 2.23. The zero-order valence-electron chi connectivity index (χ0n) is 11.7. The average Bonchev–Trinajstić information content (AvgIpc) is 3.22. The van der Waals surface area contributed by atoms with Crippen molar-refractivity contribution in [3.05, 3.63) is 46.8 Å². The number of imidazole rings is 1. The van der Waals surface area contributed by atoms with Crippen LogP contribution >= 0.6 is 15.9 Å². The van der Waals surface area contributed by atoms with Crippen LogP contribution in [0, 0.1) is 0 Å². The smallest absolute Gasteiger partial charge is 0.239 e. The molecule has 0 aromatic carbocycles. The second-order valence-electron chi connectivity index (χ2n) is 5.58. The van der Waals surface area contributed by atoms with Gasteiger partial charge in [0, 0.05) is 0 Å². The largest absolute Gasteiger partial charge is 0.398 e. The molecule has 0 amide bonds. The predicted molar refractivity (Wildman–Crippen MR) is 80.9 cm³/mol. The quantitative estimate of drug-likeness (QED) is 0.625. The molecule has 0 saturated heterocycles. The van der Waals surface area contributed by atoms with E-state index in [2.05, 4.69) is 31.0 Å². The topological polar surface area (TPSA) is 43.1 Å². The normalized spacial score (nSPS) is 16.7. The maximum atomic E-state index is 13.2. The SMILES string of the molecule is FC(F)(F)C1(c2cnn3c(-c4cccc(Br)n4)cnc3c2)CC1. The van der Waals surface area contributed by atoms with Gasteiger partial charge in [-0.25, -0.2) is 14.5 Å². The van der Waals surface area contributed by atoms with Crippen molar-refractivity contribution in [2.75, 3.05) is 0 Å². The number of nitrogens with zero attached hydrogens (tertiary/aromatic N) is 4. The maximum absolute atomic E-state index is 13.2. The van der Waals surface area contributed by atoms with E-state index in [4.69, 9.17) is 0 Å². The summed E-state index contributed by atoms with van der Waals surface area (Å²) in [6.07, 6.45) is -1.19. The van der Waals surface area contributed by atoms with Gasteiger partial charge in [-0.1, -0.05) is 6.07 Å². The molecule has 4 nitrogen and oxygen atoms in total. The van der Waals surface area contributed by atoms with E-state index in [1.165, 1.54) is 16.8 Å². The van der Waals surface area contributed by atoms with Crippen LogP contribution in [0.5, 0.6) is 0 Å². The molecular weight excluding hydrogens is 373 g/mol. The number of fused-ring (bicyclic) bond motifs is 1. The number of hydrogen-bond donors (Lipinski definition) is 0. The zero-order valence-corrected chi connectivity index (χ0v) is 13.3. The lowest BCUT2D eigenvalue weighted by Crippen LogP contribution is -2.28. The Kier molecular flexibility index (Phi) is 3.03. The summed E-state index contributed by atoms with van der Waals surface area (Å²) in [6.45, 7) is 0. The summed E-state index contributed by atoms with van der Waals surface area (Å²) in [7, 11) is 0. The lowest BCUT2D eigenvalue weighted by molar-refractivity contribution is -0.160. The number of rotatable bonds is 2. The Morgan fingerprint density at radius 3 is 2.61 bits per heavy atom. The van der Waals surface area contributed by atoms with Gasteiger partial charge in [0.15, 0.2) is 5.65 Å². The lowest BCUT2D eigenvalue weighted by Gasteiger charge is -2.19. The molecule has 8 heteroatoms. The minimum absolute atomic E-state index is 0.106. The van der Waals surface area contributed by atoms with Gasteiger partial charge < -0.3 is 0 Å². The highest BCUT2D eigenvalue weighted by atomic mass is 79.9. The first-order valence-corrected chi connectivity index (χ1v) is 7.74. The molecule has 0 unspecified atom stereocenters. The van der Waals surface area contributed by atoms with Crippen LogP contribution in [-0.4, -0.2) is 25.8 Å². The number of pyridine rings is 1.